The number of rotatable bonds is 4. The van der Waals surface area contributed by atoms with E-state index in [9.17, 15) is 9.59 Å². The van der Waals surface area contributed by atoms with Gasteiger partial charge in [-0.15, -0.1) is 0 Å². The van der Waals surface area contributed by atoms with E-state index in [4.69, 9.17) is 4.74 Å². The van der Waals surface area contributed by atoms with Crippen molar-refractivity contribution in [3.63, 3.8) is 0 Å². The molecule has 0 unspecified atom stereocenters. The minimum Gasteiger partial charge on any atom is -0.374 e. The van der Waals surface area contributed by atoms with Gasteiger partial charge in [0, 0.05) is 36.6 Å². The molecular weight excluding hydrogens is 346 g/mol. The molecule has 3 saturated heterocycles. The molecule has 3 fully saturated rings. The number of pyridine rings is 1. The number of carbonyl (C=O) groups is 2. The van der Waals surface area contributed by atoms with Crippen molar-refractivity contribution < 1.29 is 14.3 Å². The predicted molar refractivity (Wildman–Crippen MR) is 95.7 cm³/mol. The van der Waals surface area contributed by atoms with E-state index in [0.29, 0.717) is 18.8 Å². The first kappa shape index (κ1) is 16.4. The van der Waals surface area contributed by atoms with Crippen LogP contribution in [0.25, 0.3) is 11.1 Å². The minimum atomic E-state index is -0.109. The van der Waals surface area contributed by atoms with E-state index in [2.05, 4.69) is 20.5 Å². The predicted octanol–water partition coefficient (Wildman–Crippen LogP) is 0.980. The van der Waals surface area contributed by atoms with E-state index in [-0.39, 0.29) is 36.0 Å². The molecule has 5 heterocycles. The molecule has 0 aliphatic carbocycles. The van der Waals surface area contributed by atoms with Crippen molar-refractivity contribution in [2.24, 2.45) is 5.92 Å². The molecule has 2 aromatic heterocycles. The summed E-state index contributed by atoms with van der Waals surface area (Å²) in [6.07, 6.45) is 8.41. The Morgan fingerprint density at radius 2 is 2.07 bits per heavy atom. The molecule has 0 aromatic carbocycles. The van der Waals surface area contributed by atoms with Crippen molar-refractivity contribution in [1.82, 2.24) is 25.4 Å². The summed E-state index contributed by atoms with van der Waals surface area (Å²) in [4.78, 5) is 30.9. The Morgan fingerprint density at radius 3 is 2.70 bits per heavy atom. The highest BCUT2D eigenvalue weighted by atomic mass is 16.5. The first-order valence-corrected chi connectivity index (χ1v) is 9.37. The molecule has 27 heavy (non-hydrogen) atoms. The van der Waals surface area contributed by atoms with Crippen LogP contribution >= 0.6 is 0 Å². The van der Waals surface area contributed by atoms with Crippen LogP contribution in [0, 0.1) is 5.92 Å². The summed E-state index contributed by atoms with van der Waals surface area (Å²) in [5.41, 5.74) is 2.24. The van der Waals surface area contributed by atoms with Crippen molar-refractivity contribution in [2.75, 3.05) is 13.1 Å². The van der Waals surface area contributed by atoms with Crippen LogP contribution in [0.15, 0.2) is 30.7 Å². The molecule has 5 rings (SSSR count). The number of amides is 2. The highest BCUT2D eigenvalue weighted by Gasteiger charge is 2.45. The standard InChI is InChI=1S/C19H21N5O3/c25-18(15-5-14-2-4-17(15)27-14)23-13-9-24(10-13)19(26)16-3-1-11(6-20-16)12-7-21-22-8-12/h1,3,6-8,13-15,17H,2,4-5,9-10H2,(H,21,22)(H,23,25)/t14-,15-,17+/m1/s1. The van der Waals surface area contributed by atoms with Gasteiger partial charge in [0.25, 0.3) is 5.91 Å². The normalized spacial score (nSPS) is 26.8. The highest BCUT2D eigenvalue weighted by molar-refractivity contribution is 5.93. The molecule has 8 heteroatoms. The van der Waals surface area contributed by atoms with Crippen LogP contribution in [0.2, 0.25) is 0 Å². The van der Waals surface area contributed by atoms with Gasteiger partial charge < -0.3 is 15.0 Å². The molecule has 0 radical (unpaired) electrons. The topological polar surface area (TPSA) is 100 Å². The zero-order valence-electron chi connectivity index (χ0n) is 14.8. The molecule has 2 N–H and O–H groups in total. The molecular formula is C19H21N5O3. The van der Waals surface area contributed by atoms with Crippen molar-refractivity contribution in [1.29, 1.82) is 0 Å². The van der Waals surface area contributed by atoms with E-state index < -0.39 is 0 Å². The van der Waals surface area contributed by atoms with Gasteiger partial charge in [-0.2, -0.15) is 5.10 Å². The SMILES string of the molecule is O=C(NC1CN(C(=O)c2ccc(-c3cn[nH]c3)cn2)C1)[C@@H]1C[C@H]2CC[C@@H]1O2. The molecule has 2 aromatic rings. The second-order valence-corrected chi connectivity index (χ2v) is 7.55. The molecule has 2 bridgehead atoms. The van der Waals surface area contributed by atoms with Crippen LogP contribution < -0.4 is 5.32 Å². The van der Waals surface area contributed by atoms with Crippen molar-refractivity contribution in [3.8, 4) is 11.1 Å². The van der Waals surface area contributed by atoms with E-state index in [0.717, 1.165) is 30.4 Å². The second kappa shape index (κ2) is 6.45. The lowest BCUT2D eigenvalue weighted by Gasteiger charge is -2.40. The van der Waals surface area contributed by atoms with Crippen LogP contribution in [-0.2, 0) is 9.53 Å². The van der Waals surface area contributed by atoms with E-state index in [1.165, 1.54) is 0 Å². The van der Waals surface area contributed by atoms with Crippen LogP contribution in [0.5, 0.6) is 0 Å². The van der Waals surface area contributed by atoms with Crippen molar-refractivity contribution in [3.05, 3.63) is 36.4 Å². The fourth-order valence-corrected chi connectivity index (χ4v) is 4.22. The summed E-state index contributed by atoms with van der Waals surface area (Å²) in [6.45, 7) is 1.05. The Balaban J connectivity index is 1.14. The molecule has 8 nitrogen and oxygen atoms in total. The molecule has 3 aliphatic heterocycles. The smallest absolute Gasteiger partial charge is 0.272 e. The summed E-state index contributed by atoms with van der Waals surface area (Å²) in [5, 5.41) is 9.73. The maximum absolute atomic E-state index is 12.5. The third-order valence-electron chi connectivity index (χ3n) is 5.77. The molecule has 2 amide bonds. The Morgan fingerprint density at radius 1 is 1.19 bits per heavy atom. The summed E-state index contributed by atoms with van der Waals surface area (Å²) in [7, 11) is 0. The number of fused-ring (bicyclic) bond motifs is 2. The number of carbonyl (C=O) groups excluding carboxylic acids is 2. The Bertz CT molecular complexity index is 845. The van der Waals surface area contributed by atoms with Crippen LogP contribution in [0.1, 0.15) is 29.8 Å². The summed E-state index contributed by atoms with van der Waals surface area (Å²) >= 11 is 0. The van der Waals surface area contributed by atoms with Crippen molar-refractivity contribution >= 4 is 11.8 Å². The summed E-state index contributed by atoms with van der Waals surface area (Å²) < 4.78 is 5.75. The lowest BCUT2D eigenvalue weighted by atomic mass is 9.88. The van der Waals surface area contributed by atoms with Gasteiger partial charge in [-0.05, 0) is 25.3 Å². The number of nitrogens with zero attached hydrogens (tertiary/aromatic N) is 3. The quantitative estimate of drug-likeness (QED) is 0.839. The maximum Gasteiger partial charge on any atom is 0.272 e. The summed E-state index contributed by atoms with van der Waals surface area (Å²) in [5.74, 6) is -0.0602. The fraction of sp³-hybridized carbons (Fsp3) is 0.474. The molecule has 0 spiro atoms. The van der Waals surface area contributed by atoms with Crippen molar-refractivity contribution in [2.45, 2.75) is 37.5 Å². The third kappa shape index (κ3) is 2.99. The monoisotopic (exact) mass is 367 g/mol. The number of aromatic nitrogens is 3. The lowest BCUT2D eigenvalue weighted by molar-refractivity contribution is -0.128. The van der Waals surface area contributed by atoms with Gasteiger partial charge in [-0.25, -0.2) is 0 Å². The van der Waals surface area contributed by atoms with Gasteiger partial charge in [0.15, 0.2) is 0 Å². The molecule has 0 saturated carbocycles. The number of H-pyrrole nitrogens is 1. The first-order chi connectivity index (χ1) is 13.2. The van der Waals surface area contributed by atoms with E-state index in [1.54, 1.807) is 29.6 Å². The largest absolute Gasteiger partial charge is 0.374 e. The average molecular weight is 367 g/mol. The first-order valence-electron chi connectivity index (χ1n) is 9.37. The van der Waals surface area contributed by atoms with Gasteiger partial charge in [0.2, 0.25) is 5.91 Å². The zero-order chi connectivity index (χ0) is 18.4. The van der Waals surface area contributed by atoms with Gasteiger partial charge in [-0.1, -0.05) is 6.07 Å². The van der Waals surface area contributed by atoms with Crippen LogP contribution in [0.3, 0.4) is 0 Å². The fourth-order valence-electron chi connectivity index (χ4n) is 4.22. The Kier molecular flexibility index (Phi) is 3.93. The van der Waals surface area contributed by atoms with Gasteiger partial charge in [-0.3, -0.25) is 19.7 Å². The van der Waals surface area contributed by atoms with Gasteiger partial charge >= 0.3 is 0 Å². The highest BCUT2D eigenvalue weighted by Crippen LogP contribution is 2.38. The third-order valence-corrected chi connectivity index (χ3v) is 5.77. The number of ether oxygens (including phenoxy) is 1. The second-order valence-electron chi connectivity index (χ2n) is 7.55. The number of hydrogen-bond acceptors (Lipinski definition) is 5. The van der Waals surface area contributed by atoms with Gasteiger partial charge in [0.05, 0.1) is 30.4 Å². The summed E-state index contributed by atoms with van der Waals surface area (Å²) in [6, 6.07) is 3.60. The van der Waals surface area contributed by atoms with Crippen LogP contribution in [-0.4, -0.2) is 63.2 Å². The number of likely N-dealkylation sites (tertiary alicyclic amines) is 1. The minimum absolute atomic E-state index is 0.0192. The van der Waals surface area contributed by atoms with E-state index in [1.807, 2.05) is 6.07 Å². The van der Waals surface area contributed by atoms with Gasteiger partial charge in [0.1, 0.15) is 5.69 Å². The van der Waals surface area contributed by atoms with Crippen LogP contribution in [0.4, 0.5) is 0 Å². The number of aromatic amines is 1. The average Bonchev–Trinajstić information content (AvgIpc) is 3.41. The number of hydrogen-bond donors (Lipinski definition) is 2. The van der Waals surface area contributed by atoms with E-state index >= 15 is 0 Å². The Labute approximate surface area is 156 Å². The number of nitrogens with one attached hydrogen (secondary N) is 2. The zero-order valence-corrected chi connectivity index (χ0v) is 14.8. The molecule has 3 aliphatic rings. The molecule has 3 atom stereocenters. The Hall–Kier alpha value is -2.74. The lowest BCUT2D eigenvalue weighted by Crippen LogP contribution is -2.62. The maximum atomic E-state index is 12.5. The molecule has 140 valence electrons.